The summed E-state index contributed by atoms with van der Waals surface area (Å²) in [5, 5.41) is 14.1. The van der Waals surface area contributed by atoms with Crippen molar-refractivity contribution >= 4 is 141 Å². The Kier molecular flexibility index (Phi) is 14.8. The Morgan fingerprint density at radius 1 is 0.228 bits per heavy atom. The van der Waals surface area contributed by atoms with Gasteiger partial charge in [-0.1, -0.05) is 170 Å². The highest BCUT2D eigenvalue weighted by atomic mass is 32.1. The molecule has 24 aromatic rings. The first-order valence-corrected chi connectivity index (χ1v) is 38.5. The molecule has 0 aliphatic heterocycles. The van der Waals surface area contributed by atoms with E-state index < -0.39 is 0 Å². The quantitative estimate of drug-likeness (QED) is 0.128. The second-order valence-corrected chi connectivity index (χ2v) is 29.3. The first-order chi connectivity index (χ1) is 56.5. The first kappa shape index (κ1) is 64.5. The number of rotatable bonds is 10. The van der Waals surface area contributed by atoms with Gasteiger partial charge in [-0.25, -0.2) is 9.97 Å². The maximum atomic E-state index is 6.17. The highest BCUT2D eigenvalue weighted by Crippen LogP contribution is 2.45. The monoisotopic (exact) mass is 1480 g/mol. The molecule has 0 saturated carbocycles. The van der Waals surface area contributed by atoms with Crippen LogP contribution in [-0.2, 0) is 0 Å². The van der Waals surface area contributed by atoms with Crippen LogP contribution in [0.25, 0.3) is 221 Å². The lowest BCUT2D eigenvalue weighted by molar-refractivity contribution is 0.669. The van der Waals surface area contributed by atoms with Gasteiger partial charge in [0.05, 0.1) is 54.5 Å². The van der Waals surface area contributed by atoms with Crippen LogP contribution in [0, 0.1) is 0 Å². The lowest BCUT2D eigenvalue weighted by Gasteiger charge is -2.11. The van der Waals surface area contributed by atoms with Crippen molar-refractivity contribution in [2.75, 3.05) is 0 Å². The molecule has 0 aliphatic carbocycles. The van der Waals surface area contributed by atoms with Crippen molar-refractivity contribution in [3.8, 4) is 91.6 Å². The van der Waals surface area contributed by atoms with Gasteiger partial charge in [0, 0.05) is 99.8 Å². The van der Waals surface area contributed by atoms with Gasteiger partial charge in [-0.2, -0.15) is 19.9 Å². The molecular weight excluding hydrogens is 1420 g/mol. The zero-order valence-electron chi connectivity index (χ0n) is 60.6. The van der Waals surface area contributed by atoms with Crippen molar-refractivity contribution in [2.24, 2.45) is 0 Å². The summed E-state index contributed by atoms with van der Waals surface area (Å²) in [6.45, 7) is 0. The van der Waals surface area contributed by atoms with Gasteiger partial charge >= 0.3 is 0 Å². The summed E-state index contributed by atoms with van der Waals surface area (Å²) in [5.74, 6) is 2.94. The van der Waals surface area contributed by atoms with Crippen molar-refractivity contribution in [3.05, 3.63) is 352 Å². The molecule has 16 heteroatoms. The predicted octanol–water partition coefficient (Wildman–Crippen LogP) is 24.0. The Balaban J connectivity index is 0.000000135. The van der Waals surface area contributed by atoms with Crippen LogP contribution < -0.4 is 0 Å². The second-order valence-electron chi connectivity index (χ2n) is 28.3. The predicted molar refractivity (Wildman–Crippen MR) is 461 cm³/mol. The number of pyridine rings is 4. The van der Waals surface area contributed by atoms with Gasteiger partial charge in [0.2, 0.25) is 11.9 Å². The zero-order chi connectivity index (χ0) is 74.9. The molecule has 0 fully saturated rings. The zero-order valence-corrected chi connectivity index (χ0v) is 61.4. The minimum atomic E-state index is 0.481. The lowest BCUT2D eigenvalue weighted by atomic mass is 10.0. The summed E-state index contributed by atoms with van der Waals surface area (Å²) in [4.78, 5) is 48.0. The number of para-hydroxylation sites is 5. The molecule has 0 unspecified atom stereocenters. The van der Waals surface area contributed by atoms with E-state index in [2.05, 4.69) is 281 Å². The number of fused-ring (bicyclic) bond motifs is 18. The summed E-state index contributed by atoms with van der Waals surface area (Å²) >= 11 is 1.86. The fourth-order valence-electron chi connectivity index (χ4n) is 16.7. The third kappa shape index (κ3) is 10.5. The number of furan rings is 1. The first-order valence-electron chi connectivity index (χ1n) is 37.7. The van der Waals surface area contributed by atoms with E-state index in [4.69, 9.17) is 34.3 Å². The van der Waals surface area contributed by atoms with Crippen LogP contribution in [0.4, 0.5) is 0 Å². The fraction of sp³-hybridized carbons (Fsp3) is 0. The van der Waals surface area contributed by atoms with Crippen molar-refractivity contribution < 1.29 is 4.42 Å². The van der Waals surface area contributed by atoms with Gasteiger partial charge in [-0.15, -0.1) is 11.3 Å². The van der Waals surface area contributed by atoms with Crippen LogP contribution in [0.2, 0.25) is 0 Å². The smallest absolute Gasteiger partial charge is 0.238 e. The molecule has 0 bridgehead atoms. The molecule has 12 aromatic carbocycles. The van der Waals surface area contributed by atoms with Crippen LogP contribution in [0.1, 0.15) is 0 Å². The Bertz CT molecular complexity index is 7880. The van der Waals surface area contributed by atoms with Gasteiger partial charge in [0.15, 0.2) is 23.3 Å². The highest BCUT2D eigenvalue weighted by molar-refractivity contribution is 7.26. The molecule has 0 aliphatic rings. The molecule has 0 saturated heterocycles. The summed E-state index contributed by atoms with van der Waals surface area (Å²) in [6.07, 6.45) is 7.00. The number of thiophene rings is 1. The highest BCUT2D eigenvalue weighted by Gasteiger charge is 2.25. The van der Waals surface area contributed by atoms with E-state index in [1.54, 1.807) is 24.8 Å². The van der Waals surface area contributed by atoms with Crippen molar-refractivity contribution in [1.29, 1.82) is 0 Å². The molecule has 12 aromatic heterocycles. The Labute approximate surface area is 653 Å². The Hall–Kier alpha value is -15.5. The van der Waals surface area contributed by atoms with Gasteiger partial charge in [-0.3, -0.25) is 29.1 Å². The third-order valence-corrected chi connectivity index (χ3v) is 23.0. The standard InChI is InChI=1S/C49H29N7O.C49H29N7S/c1-4-16-41-33(11-1)36-27-30(19-22-43(36)55(41)32-21-24-46-38(29-32)35-13-3-6-18-45(35)57-46)31-20-23-44-37(28-31)34-12-2-5-17-42(34)56(44)49-53-47(39-14-7-9-25-50-39)52-48(54-49)40-15-8-10-26-51-40;1-4-18-40-32(12-1)36-28-30(22-24-42(36)55(40)44-20-11-15-35-34-14-3-6-21-45(34)57-46(35)44)31-23-25-43-37(29-31)33-13-2-5-19-41(33)56(43)49-53-47(38-16-7-9-26-50-38)52-48(54-49)39-17-8-10-27-51-39/h2*1-29H. The van der Waals surface area contributed by atoms with Gasteiger partial charge in [0.25, 0.3) is 0 Å². The molecule has 24 rings (SSSR count). The summed E-state index contributed by atoms with van der Waals surface area (Å²) < 4.78 is 17.8. The molecule has 0 amide bonds. The van der Waals surface area contributed by atoms with E-state index in [9.17, 15) is 0 Å². The van der Waals surface area contributed by atoms with Gasteiger partial charge < -0.3 is 13.6 Å². The lowest BCUT2D eigenvalue weighted by Crippen LogP contribution is -2.07. The van der Waals surface area contributed by atoms with Gasteiger partial charge in [-0.05, 0) is 180 Å². The maximum Gasteiger partial charge on any atom is 0.238 e. The fourth-order valence-corrected chi connectivity index (χ4v) is 17.9. The molecular formula is C98H58N14OS. The van der Waals surface area contributed by atoms with Crippen molar-refractivity contribution in [3.63, 3.8) is 0 Å². The number of aromatic nitrogens is 14. The van der Waals surface area contributed by atoms with Crippen LogP contribution in [0.15, 0.2) is 357 Å². The summed E-state index contributed by atoms with van der Waals surface area (Å²) in [5.41, 5.74) is 19.9. The Morgan fingerprint density at radius 2 is 0.579 bits per heavy atom. The normalized spacial score (nSPS) is 11.9. The maximum absolute atomic E-state index is 6.17. The molecule has 114 heavy (non-hydrogen) atoms. The van der Waals surface area contributed by atoms with Crippen LogP contribution >= 0.6 is 11.3 Å². The Morgan fingerprint density at radius 3 is 1.03 bits per heavy atom. The minimum absolute atomic E-state index is 0.481. The molecule has 0 radical (unpaired) electrons. The summed E-state index contributed by atoms with van der Waals surface area (Å²) in [7, 11) is 0. The van der Waals surface area contributed by atoms with Crippen LogP contribution in [0.5, 0.6) is 0 Å². The number of hydrogen-bond donors (Lipinski definition) is 0. The van der Waals surface area contributed by atoms with E-state index in [0.29, 0.717) is 58.0 Å². The third-order valence-electron chi connectivity index (χ3n) is 21.8. The second kappa shape index (κ2) is 26.1. The van der Waals surface area contributed by atoms with E-state index in [0.717, 1.165) is 105 Å². The van der Waals surface area contributed by atoms with Crippen LogP contribution in [-0.4, -0.2) is 68.1 Å². The van der Waals surface area contributed by atoms with E-state index in [-0.39, 0.29) is 0 Å². The molecule has 15 nitrogen and oxygen atoms in total. The SMILES string of the molecule is c1ccc(-c2nc(-c3ccccn3)nc(-n3c4ccccc4c4cc(-c5ccc6c(c5)c5ccccc5n6-c5ccc6oc7ccccc7c6c5)ccc43)n2)nc1.c1ccc(-c2nc(-c3ccccn3)nc(-n3c4ccccc4c4cc(-c5ccc6c(c5)c5ccccc5n6-c5cccc6c5sc5ccccc56)ccc43)n2)nc1. The van der Waals surface area contributed by atoms with E-state index >= 15 is 0 Å². The number of nitrogens with zero attached hydrogens (tertiary/aromatic N) is 14. The minimum Gasteiger partial charge on any atom is -0.456 e. The van der Waals surface area contributed by atoms with Crippen molar-refractivity contribution in [1.82, 2.24) is 68.1 Å². The van der Waals surface area contributed by atoms with Crippen molar-refractivity contribution in [2.45, 2.75) is 0 Å². The molecule has 0 N–H and O–H groups in total. The molecule has 0 atom stereocenters. The molecule has 12 heterocycles. The summed E-state index contributed by atoms with van der Waals surface area (Å²) in [6, 6.07) is 114. The molecule has 0 spiro atoms. The average molecular weight is 1480 g/mol. The van der Waals surface area contributed by atoms with Gasteiger partial charge in [0.1, 0.15) is 33.9 Å². The number of hydrogen-bond acceptors (Lipinski definition) is 12. The van der Waals surface area contributed by atoms with Crippen LogP contribution in [0.3, 0.4) is 0 Å². The van der Waals surface area contributed by atoms with E-state index in [1.165, 1.54) is 58.4 Å². The average Bonchev–Trinajstić information content (AvgIpc) is 1.61. The number of benzene rings is 12. The largest absolute Gasteiger partial charge is 0.456 e. The topological polar surface area (TPSA) is 162 Å². The molecule has 532 valence electrons. The van der Waals surface area contributed by atoms with E-state index in [1.807, 2.05) is 96.3 Å².